The van der Waals surface area contributed by atoms with E-state index in [1.807, 2.05) is 18.3 Å². The lowest BCUT2D eigenvalue weighted by atomic mass is 9.98. The Balaban J connectivity index is 1.31. The van der Waals surface area contributed by atoms with Gasteiger partial charge in [-0.25, -0.2) is 4.98 Å². The number of aryl methyl sites for hydroxylation is 1. The number of aliphatic hydroxyl groups excluding tert-OH is 1. The number of piperazine rings is 1. The van der Waals surface area contributed by atoms with Gasteiger partial charge in [0.1, 0.15) is 5.82 Å². The van der Waals surface area contributed by atoms with Crippen molar-refractivity contribution in [2.45, 2.75) is 19.6 Å². The minimum atomic E-state index is -0.487. The standard InChI is InChI=1S/C33H34N4O/c1-25-15-16-30-29(22-25)32(26-10-4-2-5-11-26)33(27-12-6-3-7-13-27)37(30)24-28(38)23-35-18-20-36(21-19-35)31-14-8-9-17-34-31/h2-17,22,28,38H,18-21,23-24H2,1H3. The topological polar surface area (TPSA) is 44.5 Å². The number of fused-ring (bicyclic) bond motifs is 1. The fourth-order valence-corrected chi connectivity index (χ4v) is 5.72. The van der Waals surface area contributed by atoms with Crippen LogP contribution in [0.2, 0.25) is 0 Å². The molecule has 2 aromatic heterocycles. The summed E-state index contributed by atoms with van der Waals surface area (Å²) >= 11 is 0. The van der Waals surface area contributed by atoms with Gasteiger partial charge in [-0.15, -0.1) is 0 Å². The van der Waals surface area contributed by atoms with Crippen LogP contribution in [0.3, 0.4) is 0 Å². The van der Waals surface area contributed by atoms with E-state index < -0.39 is 6.10 Å². The number of rotatable bonds is 7. The van der Waals surface area contributed by atoms with Gasteiger partial charge in [0, 0.05) is 55.4 Å². The molecule has 38 heavy (non-hydrogen) atoms. The quantitative estimate of drug-likeness (QED) is 0.303. The number of anilines is 1. The van der Waals surface area contributed by atoms with Gasteiger partial charge < -0.3 is 14.6 Å². The van der Waals surface area contributed by atoms with Gasteiger partial charge >= 0.3 is 0 Å². The number of β-amino-alcohol motifs (C(OH)–C–C–N with tert-alkyl or cyclic N) is 1. The van der Waals surface area contributed by atoms with Crippen molar-refractivity contribution < 1.29 is 5.11 Å². The molecular formula is C33H34N4O. The molecule has 1 N–H and O–H groups in total. The minimum absolute atomic E-state index is 0.487. The van der Waals surface area contributed by atoms with Crippen LogP contribution in [-0.4, -0.2) is 58.4 Å². The van der Waals surface area contributed by atoms with Crippen LogP contribution < -0.4 is 4.90 Å². The number of aliphatic hydroxyl groups is 1. The maximum atomic E-state index is 11.4. The molecule has 5 nitrogen and oxygen atoms in total. The monoisotopic (exact) mass is 502 g/mol. The molecule has 5 aromatic rings. The molecule has 5 heteroatoms. The third kappa shape index (κ3) is 4.95. The second kappa shape index (κ2) is 10.8. The molecule has 0 amide bonds. The lowest BCUT2D eigenvalue weighted by molar-refractivity contribution is 0.0963. The average Bonchev–Trinajstić information content (AvgIpc) is 3.27. The van der Waals surface area contributed by atoms with Crippen LogP contribution in [0.4, 0.5) is 5.82 Å². The van der Waals surface area contributed by atoms with Gasteiger partial charge in [-0.3, -0.25) is 4.90 Å². The lowest BCUT2D eigenvalue weighted by Crippen LogP contribution is -2.49. The zero-order chi connectivity index (χ0) is 25.9. The van der Waals surface area contributed by atoms with Crippen molar-refractivity contribution in [3.8, 4) is 22.4 Å². The van der Waals surface area contributed by atoms with E-state index in [-0.39, 0.29) is 0 Å². The van der Waals surface area contributed by atoms with Crippen molar-refractivity contribution in [1.29, 1.82) is 0 Å². The Morgan fingerprint density at radius 2 is 1.45 bits per heavy atom. The van der Waals surface area contributed by atoms with Gasteiger partial charge in [-0.1, -0.05) is 78.4 Å². The van der Waals surface area contributed by atoms with Gasteiger partial charge in [-0.05, 0) is 42.3 Å². The summed E-state index contributed by atoms with van der Waals surface area (Å²) in [4.78, 5) is 9.20. The molecule has 3 aromatic carbocycles. The summed E-state index contributed by atoms with van der Waals surface area (Å²) in [6, 6.07) is 33.9. The molecule has 1 aliphatic rings. The predicted molar refractivity (Wildman–Crippen MR) is 156 cm³/mol. The number of nitrogens with zero attached hydrogens (tertiary/aromatic N) is 4. The Morgan fingerprint density at radius 3 is 2.13 bits per heavy atom. The first-order chi connectivity index (χ1) is 18.7. The Morgan fingerprint density at radius 1 is 0.763 bits per heavy atom. The van der Waals surface area contributed by atoms with E-state index in [4.69, 9.17) is 0 Å². The Labute approximate surface area is 224 Å². The highest BCUT2D eigenvalue weighted by atomic mass is 16.3. The van der Waals surface area contributed by atoms with Crippen LogP contribution in [0, 0.1) is 6.92 Å². The highest BCUT2D eigenvalue weighted by Crippen LogP contribution is 2.41. The SMILES string of the molecule is Cc1ccc2c(c1)c(-c1ccccc1)c(-c1ccccc1)n2CC(O)CN1CCN(c2ccccn2)CC1. The molecule has 1 unspecified atom stereocenters. The number of hydrogen-bond acceptors (Lipinski definition) is 4. The molecule has 3 heterocycles. The molecule has 1 aliphatic heterocycles. The molecule has 0 saturated carbocycles. The van der Waals surface area contributed by atoms with Gasteiger partial charge in [0.05, 0.1) is 18.3 Å². The number of aromatic nitrogens is 2. The molecular weight excluding hydrogens is 468 g/mol. The van der Waals surface area contributed by atoms with Crippen molar-refractivity contribution in [2.75, 3.05) is 37.6 Å². The summed E-state index contributed by atoms with van der Waals surface area (Å²) in [6.45, 7) is 7.01. The van der Waals surface area contributed by atoms with Gasteiger partial charge in [0.25, 0.3) is 0 Å². The fraction of sp³-hybridized carbons (Fsp3) is 0.242. The minimum Gasteiger partial charge on any atom is -0.390 e. The van der Waals surface area contributed by atoms with E-state index in [2.05, 4.69) is 111 Å². The largest absolute Gasteiger partial charge is 0.390 e. The normalized spacial score (nSPS) is 15.2. The summed E-state index contributed by atoms with van der Waals surface area (Å²) in [5.41, 5.74) is 7.14. The average molecular weight is 503 g/mol. The first-order valence-electron chi connectivity index (χ1n) is 13.5. The van der Waals surface area contributed by atoms with Crippen molar-refractivity contribution in [3.63, 3.8) is 0 Å². The lowest BCUT2D eigenvalue weighted by Gasteiger charge is -2.36. The third-order valence-electron chi connectivity index (χ3n) is 7.54. The first kappa shape index (κ1) is 24.4. The van der Waals surface area contributed by atoms with Gasteiger partial charge in [0.15, 0.2) is 0 Å². The van der Waals surface area contributed by atoms with E-state index in [9.17, 15) is 5.11 Å². The zero-order valence-electron chi connectivity index (χ0n) is 21.9. The highest BCUT2D eigenvalue weighted by Gasteiger charge is 2.24. The van der Waals surface area contributed by atoms with E-state index in [1.165, 1.54) is 22.1 Å². The second-order valence-corrected chi connectivity index (χ2v) is 10.2. The summed E-state index contributed by atoms with van der Waals surface area (Å²) < 4.78 is 2.33. The maximum Gasteiger partial charge on any atom is 0.128 e. The highest BCUT2D eigenvalue weighted by molar-refractivity contribution is 6.04. The first-order valence-corrected chi connectivity index (χ1v) is 13.5. The van der Waals surface area contributed by atoms with Crippen molar-refractivity contribution in [2.24, 2.45) is 0 Å². The zero-order valence-corrected chi connectivity index (χ0v) is 21.9. The maximum absolute atomic E-state index is 11.4. The van der Waals surface area contributed by atoms with Crippen LogP contribution in [-0.2, 0) is 6.54 Å². The van der Waals surface area contributed by atoms with Crippen LogP contribution in [0.1, 0.15) is 5.56 Å². The van der Waals surface area contributed by atoms with Gasteiger partial charge in [-0.2, -0.15) is 0 Å². The molecule has 1 saturated heterocycles. The molecule has 0 spiro atoms. The smallest absolute Gasteiger partial charge is 0.128 e. The summed E-state index contributed by atoms with van der Waals surface area (Å²) in [5.74, 6) is 1.03. The second-order valence-electron chi connectivity index (χ2n) is 10.2. The Kier molecular flexibility index (Phi) is 6.95. The number of pyridine rings is 1. The Hall–Kier alpha value is -3.93. The Bertz CT molecular complexity index is 1490. The molecule has 0 aliphatic carbocycles. The van der Waals surface area contributed by atoms with Gasteiger partial charge in [0.2, 0.25) is 0 Å². The van der Waals surface area contributed by atoms with Crippen molar-refractivity contribution in [1.82, 2.24) is 14.5 Å². The molecule has 1 atom stereocenters. The van der Waals surface area contributed by atoms with Crippen LogP contribution >= 0.6 is 0 Å². The molecule has 6 rings (SSSR count). The van der Waals surface area contributed by atoms with Crippen molar-refractivity contribution >= 4 is 16.7 Å². The van der Waals surface area contributed by atoms with Crippen LogP contribution in [0.5, 0.6) is 0 Å². The molecule has 0 bridgehead atoms. The fourth-order valence-electron chi connectivity index (χ4n) is 5.72. The van der Waals surface area contributed by atoms with E-state index in [0.717, 1.165) is 48.8 Å². The van der Waals surface area contributed by atoms with Crippen LogP contribution in [0.25, 0.3) is 33.3 Å². The third-order valence-corrected chi connectivity index (χ3v) is 7.54. The summed E-state index contributed by atoms with van der Waals surface area (Å²) in [7, 11) is 0. The summed E-state index contributed by atoms with van der Waals surface area (Å²) in [6.07, 6.45) is 1.36. The molecule has 192 valence electrons. The van der Waals surface area contributed by atoms with E-state index >= 15 is 0 Å². The van der Waals surface area contributed by atoms with E-state index in [1.54, 1.807) is 0 Å². The number of hydrogen-bond donors (Lipinski definition) is 1. The number of benzene rings is 3. The predicted octanol–water partition coefficient (Wildman–Crippen LogP) is 5.86. The summed E-state index contributed by atoms with van der Waals surface area (Å²) in [5, 5.41) is 12.6. The van der Waals surface area contributed by atoms with Crippen molar-refractivity contribution in [3.05, 3.63) is 109 Å². The van der Waals surface area contributed by atoms with E-state index in [0.29, 0.717) is 13.1 Å². The molecule has 1 fully saturated rings. The van der Waals surface area contributed by atoms with Crippen LogP contribution in [0.15, 0.2) is 103 Å². The molecule has 0 radical (unpaired) electrons.